The third-order valence-electron chi connectivity index (χ3n) is 2.85. The zero-order chi connectivity index (χ0) is 15.2. The number of pyridine rings is 1. The van der Waals surface area contributed by atoms with Crippen LogP contribution in [0.15, 0.2) is 53.1 Å². The number of rotatable bonds is 6. The second-order valence-corrected chi connectivity index (χ2v) is 6.70. The van der Waals surface area contributed by atoms with Crippen LogP contribution in [-0.4, -0.2) is 15.2 Å². The second kappa shape index (κ2) is 7.33. The van der Waals surface area contributed by atoms with Crippen LogP contribution < -0.4 is 5.32 Å². The van der Waals surface area contributed by atoms with Gasteiger partial charge in [-0.25, -0.2) is 4.39 Å². The minimum Gasteiger partial charge on any atom is -0.356 e. The summed E-state index contributed by atoms with van der Waals surface area (Å²) in [6.07, 6.45) is 3.61. The Hall–Kier alpha value is -1.99. The van der Waals surface area contributed by atoms with Crippen LogP contribution in [0.3, 0.4) is 0 Å². The van der Waals surface area contributed by atoms with E-state index in [9.17, 15) is 4.39 Å². The molecule has 0 spiro atoms. The highest BCUT2D eigenvalue weighted by atomic mass is 32.2. The van der Waals surface area contributed by atoms with Crippen molar-refractivity contribution in [1.29, 1.82) is 0 Å². The number of thioether (sulfide) groups is 1. The first-order valence-electron chi connectivity index (χ1n) is 6.63. The molecule has 2 aromatic heterocycles. The summed E-state index contributed by atoms with van der Waals surface area (Å²) in [6, 6.07) is 10.4. The van der Waals surface area contributed by atoms with E-state index >= 15 is 0 Å². The molecule has 0 radical (unpaired) electrons. The van der Waals surface area contributed by atoms with Crippen LogP contribution >= 0.6 is 23.1 Å². The van der Waals surface area contributed by atoms with Crippen molar-refractivity contribution in [2.45, 2.75) is 16.6 Å². The van der Waals surface area contributed by atoms with Gasteiger partial charge in [-0.05, 0) is 29.3 Å². The number of aromatic nitrogens is 3. The highest BCUT2D eigenvalue weighted by Crippen LogP contribution is 2.28. The molecule has 7 heteroatoms. The van der Waals surface area contributed by atoms with Crippen molar-refractivity contribution in [3.05, 3.63) is 65.7 Å². The van der Waals surface area contributed by atoms with E-state index in [-0.39, 0.29) is 5.82 Å². The van der Waals surface area contributed by atoms with Crippen molar-refractivity contribution in [1.82, 2.24) is 15.2 Å². The zero-order valence-corrected chi connectivity index (χ0v) is 13.2. The third-order valence-corrected chi connectivity index (χ3v) is 4.93. The number of nitrogens with one attached hydrogen (secondary N) is 1. The summed E-state index contributed by atoms with van der Waals surface area (Å²) in [7, 11) is 0. The molecule has 1 N–H and O–H groups in total. The van der Waals surface area contributed by atoms with Crippen LogP contribution in [0, 0.1) is 5.82 Å². The van der Waals surface area contributed by atoms with Gasteiger partial charge < -0.3 is 5.32 Å². The van der Waals surface area contributed by atoms with Crippen LogP contribution in [-0.2, 0) is 12.3 Å². The lowest BCUT2D eigenvalue weighted by Crippen LogP contribution is -1.98. The van der Waals surface area contributed by atoms with E-state index in [0.717, 1.165) is 26.4 Å². The lowest BCUT2D eigenvalue weighted by Gasteiger charge is -2.01. The Labute approximate surface area is 135 Å². The normalized spacial score (nSPS) is 10.6. The smallest absolute Gasteiger partial charge is 0.206 e. The van der Waals surface area contributed by atoms with Gasteiger partial charge in [-0.3, -0.25) is 4.98 Å². The largest absolute Gasteiger partial charge is 0.356 e. The van der Waals surface area contributed by atoms with E-state index in [1.165, 1.54) is 23.5 Å². The van der Waals surface area contributed by atoms with Gasteiger partial charge in [0, 0.05) is 24.7 Å². The fourth-order valence-electron chi connectivity index (χ4n) is 1.75. The van der Waals surface area contributed by atoms with Crippen LogP contribution in [0.4, 0.5) is 9.52 Å². The highest BCUT2D eigenvalue weighted by Gasteiger charge is 2.05. The van der Waals surface area contributed by atoms with E-state index in [1.807, 2.05) is 18.3 Å². The Morgan fingerprint density at radius 1 is 1.09 bits per heavy atom. The molecule has 0 saturated carbocycles. The van der Waals surface area contributed by atoms with Gasteiger partial charge in [0.05, 0.1) is 0 Å². The number of anilines is 1. The van der Waals surface area contributed by atoms with E-state index < -0.39 is 0 Å². The lowest BCUT2D eigenvalue weighted by atomic mass is 10.2. The molecule has 0 aliphatic rings. The Morgan fingerprint density at radius 2 is 1.95 bits per heavy atom. The molecule has 0 aliphatic carbocycles. The molecule has 2 heterocycles. The lowest BCUT2D eigenvalue weighted by molar-refractivity contribution is 0.627. The van der Waals surface area contributed by atoms with Crippen molar-refractivity contribution >= 4 is 28.2 Å². The molecular formula is C15H13FN4S2. The molecule has 0 atom stereocenters. The average molecular weight is 332 g/mol. The fourth-order valence-corrected chi connectivity index (χ4v) is 3.43. The predicted molar refractivity (Wildman–Crippen MR) is 87.4 cm³/mol. The predicted octanol–water partition coefficient (Wildman–Crippen LogP) is 3.98. The number of halogens is 1. The van der Waals surface area contributed by atoms with Crippen LogP contribution in [0.2, 0.25) is 0 Å². The quantitative estimate of drug-likeness (QED) is 0.692. The number of benzene rings is 1. The zero-order valence-electron chi connectivity index (χ0n) is 11.6. The maximum absolute atomic E-state index is 12.8. The first-order valence-corrected chi connectivity index (χ1v) is 8.43. The van der Waals surface area contributed by atoms with Crippen molar-refractivity contribution in [2.24, 2.45) is 0 Å². The summed E-state index contributed by atoms with van der Waals surface area (Å²) >= 11 is 3.14. The van der Waals surface area contributed by atoms with Crippen LogP contribution in [0.5, 0.6) is 0 Å². The Balaban J connectivity index is 1.51. The fraction of sp³-hybridized carbons (Fsp3) is 0.133. The molecule has 0 unspecified atom stereocenters. The van der Waals surface area contributed by atoms with Crippen molar-refractivity contribution in [3.63, 3.8) is 0 Å². The second-order valence-electron chi connectivity index (χ2n) is 4.50. The van der Waals surface area contributed by atoms with Gasteiger partial charge in [-0.2, -0.15) is 0 Å². The first-order chi connectivity index (χ1) is 10.8. The van der Waals surface area contributed by atoms with Gasteiger partial charge in [0.2, 0.25) is 5.13 Å². The number of nitrogens with zero attached hydrogens (tertiary/aromatic N) is 3. The minimum absolute atomic E-state index is 0.228. The highest BCUT2D eigenvalue weighted by molar-refractivity contribution is 8.00. The van der Waals surface area contributed by atoms with Crippen LogP contribution in [0.25, 0.3) is 0 Å². The van der Waals surface area contributed by atoms with Gasteiger partial charge in [0.15, 0.2) is 4.34 Å². The molecule has 112 valence electrons. The van der Waals surface area contributed by atoms with Crippen LogP contribution in [0.1, 0.15) is 11.1 Å². The standard InChI is InChI=1S/C15H13FN4S2/c16-13-5-3-11(4-6-13)9-18-14-19-20-15(22-14)21-10-12-2-1-7-17-8-12/h1-8H,9-10H2,(H,18,19). The van der Waals surface area contributed by atoms with Gasteiger partial charge in [0.25, 0.3) is 0 Å². The Bertz CT molecular complexity index is 716. The summed E-state index contributed by atoms with van der Waals surface area (Å²) in [5.74, 6) is 0.592. The minimum atomic E-state index is -0.228. The topological polar surface area (TPSA) is 50.7 Å². The summed E-state index contributed by atoms with van der Waals surface area (Å²) < 4.78 is 13.7. The van der Waals surface area contributed by atoms with E-state index in [2.05, 4.69) is 20.5 Å². The molecule has 0 fully saturated rings. The maximum Gasteiger partial charge on any atom is 0.206 e. The molecule has 3 rings (SSSR count). The number of hydrogen-bond acceptors (Lipinski definition) is 6. The molecule has 0 aliphatic heterocycles. The van der Waals surface area contributed by atoms with E-state index in [0.29, 0.717) is 6.54 Å². The molecule has 4 nitrogen and oxygen atoms in total. The van der Waals surface area contributed by atoms with E-state index in [1.54, 1.807) is 30.1 Å². The van der Waals surface area contributed by atoms with E-state index in [4.69, 9.17) is 0 Å². The van der Waals surface area contributed by atoms with Gasteiger partial charge in [-0.15, -0.1) is 10.2 Å². The Morgan fingerprint density at radius 3 is 2.73 bits per heavy atom. The van der Waals surface area contributed by atoms with Gasteiger partial charge in [-0.1, -0.05) is 41.3 Å². The molecule has 1 aromatic carbocycles. The summed E-state index contributed by atoms with van der Waals surface area (Å²) in [5, 5.41) is 12.2. The van der Waals surface area contributed by atoms with Gasteiger partial charge >= 0.3 is 0 Å². The van der Waals surface area contributed by atoms with Gasteiger partial charge in [0.1, 0.15) is 5.82 Å². The maximum atomic E-state index is 12.8. The first kappa shape index (κ1) is 14.9. The summed E-state index contributed by atoms with van der Waals surface area (Å²) in [6.45, 7) is 0.599. The Kier molecular flexibility index (Phi) is 4.97. The monoisotopic (exact) mass is 332 g/mol. The summed E-state index contributed by atoms with van der Waals surface area (Å²) in [4.78, 5) is 4.09. The van der Waals surface area contributed by atoms with Crippen molar-refractivity contribution < 1.29 is 4.39 Å². The SMILES string of the molecule is Fc1ccc(CNc2nnc(SCc3cccnc3)s2)cc1. The molecule has 22 heavy (non-hydrogen) atoms. The third kappa shape index (κ3) is 4.25. The molecule has 0 bridgehead atoms. The van der Waals surface area contributed by atoms with Crippen molar-refractivity contribution in [3.8, 4) is 0 Å². The average Bonchev–Trinajstić information content (AvgIpc) is 3.01. The molecule has 0 amide bonds. The summed E-state index contributed by atoms with van der Waals surface area (Å²) in [5.41, 5.74) is 2.16. The molecule has 0 saturated heterocycles. The number of hydrogen-bond donors (Lipinski definition) is 1. The van der Waals surface area contributed by atoms with Crippen molar-refractivity contribution in [2.75, 3.05) is 5.32 Å². The molecule has 3 aromatic rings. The molecular weight excluding hydrogens is 319 g/mol.